The van der Waals surface area contributed by atoms with Crippen LogP contribution in [0.3, 0.4) is 0 Å². The maximum absolute atomic E-state index is 13.7. The fraction of sp³-hybridized carbons (Fsp3) is 0.176. The molecule has 0 saturated heterocycles. The van der Waals surface area contributed by atoms with Crippen molar-refractivity contribution < 1.29 is 28.2 Å². The number of esters is 1. The summed E-state index contributed by atoms with van der Waals surface area (Å²) in [4.78, 5) is 23.9. The van der Waals surface area contributed by atoms with Gasteiger partial charge in [-0.2, -0.15) is 0 Å². The molecular weight excluding hydrogens is 397 g/mol. The van der Waals surface area contributed by atoms with E-state index in [9.17, 15) is 14.0 Å². The monoisotopic (exact) mass is 411 g/mol. The summed E-state index contributed by atoms with van der Waals surface area (Å²) in [5.74, 6) is -1.25. The van der Waals surface area contributed by atoms with Gasteiger partial charge in [0.1, 0.15) is 22.9 Å². The van der Waals surface area contributed by atoms with Crippen LogP contribution in [0.1, 0.15) is 10.4 Å². The Morgan fingerprint density at radius 1 is 1.12 bits per heavy atom. The Hall–Kier alpha value is -2.61. The van der Waals surface area contributed by atoms with Gasteiger partial charge in [0.25, 0.3) is 5.91 Å². The first-order chi connectivity index (χ1) is 11.9. The van der Waals surface area contributed by atoms with Gasteiger partial charge >= 0.3 is 5.97 Å². The van der Waals surface area contributed by atoms with Gasteiger partial charge in [0.2, 0.25) is 0 Å². The number of hydrogen-bond acceptors (Lipinski definition) is 5. The highest BCUT2D eigenvalue weighted by atomic mass is 79.9. The summed E-state index contributed by atoms with van der Waals surface area (Å²) >= 11 is 3.12. The van der Waals surface area contributed by atoms with Crippen molar-refractivity contribution in [2.24, 2.45) is 0 Å². The molecule has 0 aromatic heterocycles. The number of methoxy groups -OCH3 is 2. The summed E-state index contributed by atoms with van der Waals surface area (Å²) in [5.41, 5.74) is 0.136. The molecule has 25 heavy (non-hydrogen) atoms. The molecule has 8 heteroatoms. The number of rotatable bonds is 6. The molecule has 0 atom stereocenters. The quantitative estimate of drug-likeness (QED) is 0.737. The van der Waals surface area contributed by atoms with Gasteiger partial charge in [0.05, 0.1) is 19.9 Å². The normalized spacial score (nSPS) is 10.1. The summed E-state index contributed by atoms with van der Waals surface area (Å²) < 4.78 is 29.3. The number of nitrogens with one attached hydrogen (secondary N) is 1. The van der Waals surface area contributed by atoms with Gasteiger partial charge in [-0.15, -0.1) is 0 Å². The van der Waals surface area contributed by atoms with Crippen LogP contribution in [0.5, 0.6) is 11.5 Å². The molecule has 1 N–H and O–H groups in total. The van der Waals surface area contributed by atoms with Crippen LogP contribution in [0, 0.1) is 5.82 Å². The van der Waals surface area contributed by atoms with E-state index in [0.717, 1.165) is 0 Å². The van der Waals surface area contributed by atoms with Crippen molar-refractivity contribution in [2.75, 3.05) is 26.1 Å². The van der Waals surface area contributed by atoms with Crippen molar-refractivity contribution >= 4 is 33.5 Å². The van der Waals surface area contributed by atoms with E-state index in [4.69, 9.17) is 14.2 Å². The van der Waals surface area contributed by atoms with E-state index in [0.29, 0.717) is 10.2 Å². The Morgan fingerprint density at radius 2 is 1.88 bits per heavy atom. The number of carbonyl (C=O) groups excluding carboxylic acids is 2. The molecular formula is C17H15BrFNO5. The molecule has 2 aromatic carbocycles. The molecule has 0 spiro atoms. The lowest BCUT2D eigenvalue weighted by Gasteiger charge is -2.11. The minimum atomic E-state index is -0.745. The standard InChI is InChI=1S/C17H15BrFNO5/c1-23-11-4-5-12(15(8-11)24-2)17(22)25-9-16(21)20-14-6-3-10(18)7-13(14)19/h3-8H,9H2,1-2H3,(H,20,21). The van der Waals surface area contributed by atoms with E-state index >= 15 is 0 Å². The van der Waals surface area contributed by atoms with Crippen LogP contribution in [-0.4, -0.2) is 32.7 Å². The Balaban J connectivity index is 1.98. The van der Waals surface area contributed by atoms with Crippen molar-refractivity contribution in [2.45, 2.75) is 0 Å². The number of hydrogen-bond donors (Lipinski definition) is 1. The maximum Gasteiger partial charge on any atom is 0.342 e. The van der Waals surface area contributed by atoms with Crippen molar-refractivity contribution in [1.29, 1.82) is 0 Å². The molecule has 2 rings (SSSR count). The number of amides is 1. The van der Waals surface area contributed by atoms with Crippen LogP contribution in [0.25, 0.3) is 0 Å². The first-order valence-electron chi connectivity index (χ1n) is 7.08. The zero-order valence-electron chi connectivity index (χ0n) is 13.5. The van der Waals surface area contributed by atoms with Crippen molar-refractivity contribution in [1.82, 2.24) is 0 Å². The van der Waals surface area contributed by atoms with Crippen LogP contribution in [-0.2, 0) is 9.53 Å². The van der Waals surface area contributed by atoms with Gasteiger partial charge < -0.3 is 19.5 Å². The first-order valence-corrected chi connectivity index (χ1v) is 7.88. The van der Waals surface area contributed by atoms with Crippen molar-refractivity contribution in [3.05, 3.63) is 52.3 Å². The summed E-state index contributed by atoms with van der Waals surface area (Å²) in [5, 5.41) is 2.33. The molecule has 6 nitrogen and oxygen atoms in total. The second-order valence-corrected chi connectivity index (χ2v) is 5.73. The third kappa shape index (κ3) is 4.93. The number of ether oxygens (including phenoxy) is 3. The van der Waals surface area contributed by atoms with Crippen LogP contribution in [0.15, 0.2) is 40.9 Å². The maximum atomic E-state index is 13.7. The van der Waals surface area contributed by atoms with Gasteiger partial charge in [0.15, 0.2) is 6.61 Å². The first kappa shape index (κ1) is 18.7. The molecule has 0 radical (unpaired) electrons. The smallest absolute Gasteiger partial charge is 0.342 e. The number of anilines is 1. The Bertz CT molecular complexity index is 797. The Kier molecular flexibility index (Phi) is 6.35. The molecule has 0 aliphatic heterocycles. The highest BCUT2D eigenvalue weighted by molar-refractivity contribution is 9.10. The second-order valence-electron chi connectivity index (χ2n) is 4.81. The largest absolute Gasteiger partial charge is 0.497 e. The average molecular weight is 412 g/mol. The lowest BCUT2D eigenvalue weighted by Crippen LogP contribution is -2.21. The highest BCUT2D eigenvalue weighted by Crippen LogP contribution is 2.25. The minimum absolute atomic E-state index is 0.00808. The second kappa shape index (κ2) is 8.48. The van der Waals surface area contributed by atoms with Crippen molar-refractivity contribution in [3.63, 3.8) is 0 Å². The molecule has 0 saturated carbocycles. The molecule has 0 heterocycles. The summed E-state index contributed by atoms with van der Waals surface area (Å²) in [6.07, 6.45) is 0. The summed E-state index contributed by atoms with van der Waals surface area (Å²) in [6, 6.07) is 8.74. The van der Waals surface area contributed by atoms with Crippen LogP contribution >= 0.6 is 15.9 Å². The predicted octanol–water partition coefficient (Wildman–Crippen LogP) is 3.40. The molecule has 2 aromatic rings. The number of benzene rings is 2. The van der Waals surface area contributed by atoms with E-state index in [2.05, 4.69) is 21.2 Å². The van der Waals surface area contributed by atoms with E-state index in [1.54, 1.807) is 12.1 Å². The van der Waals surface area contributed by atoms with Gasteiger partial charge in [0, 0.05) is 10.5 Å². The third-order valence-corrected chi connectivity index (χ3v) is 3.66. The van der Waals surface area contributed by atoms with Gasteiger partial charge in [-0.1, -0.05) is 15.9 Å². The molecule has 0 fully saturated rings. The number of carbonyl (C=O) groups is 2. The summed E-state index contributed by atoms with van der Waals surface area (Å²) in [6.45, 7) is -0.566. The number of halogens is 2. The Morgan fingerprint density at radius 3 is 2.52 bits per heavy atom. The molecule has 0 bridgehead atoms. The zero-order valence-corrected chi connectivity index (χ0v) is 15.1. The van der Waals surface area contributed by atoms with Gasteiger partial charge in [-0.3, -0.25) is 4.79 Å². The lowest BCUT2D eigenvalue weighted by atomic mass is 10.2. The van der Waals surface area contributed by atoms with Crippen molar-refractivity contribution in [3.8, 4) is 11.5 Å². The minimum Gasteiger partial charge on any atom is -0.497 e. The van der Waals surface area contributed by atoms with E-state index in [-0.39, 0.29) is 17.0 Å². The molecule has 0 aliphatic rings. The molecule has 132 valence electrons. The van der Waals surface area contributed by atoms with Crippen LogP contribution in [0.4, 0.5) is 10.1 Å². The van der Waals surface area contributed by atoms with Crippen LogP contribution in [0.2, 0.25) is 0 Å². The zero-order chi connectivity index (χ0) is 18.4. The molecule has 0 unspecified atom stereocenters. The topological polar surface area (TPSA) is 73.9 Å². The Labute approximate surface area is 152 Å². The molecule has 1 amide bonds. The fourth-order valence-corrected chi connectivity index (χ4v) is 2.29. The predicted molar refractivity (Wildman–Crippen MR) is 92.6 cm³/mol. The van der Waals surface area contributed by atoms with Gasteiger partial charge in [-0.25, -0.2) is 9.18 Å². The summed E-state index contributed by atoms with van der Waals surface area (Å²) in [7, 11) is 2.88. The van der Waals surface area contributed by atoms with Gasteiger partial charge in [-0.05, 0) is 30.3 Å². The van der Waals surface area contributed by atoms with E-state index < -0.39 is 24.3 Å². The van der Waals surface area contributed by atoms with E-state index in [1.807, 2.05) is 0 Å². The lowest BCUT2D eigenvalue weighted by molar-refractivity contribution is -0.119. The highest BCUT2D eigenvalue weighted by Gasteiger charge is 2.17. The molecule has 0 aliphatic carbocycles. The van der Waals surface area contributed by atoms with E-state index in [1.165, 1.54) is 38.5 Å². The average Bonchev–Trinajstić information content (AvgIpc) is 2.61. The SMILES string of the molecule is COc1ccc(C(=O)OCC(=O)Nc2ccc(Br)cc2F)c(OC)c1. The van der Waals surface area contributed by atoms with Crippen LogP contribution < -0.4 is 14.8 Å². The third-order valence-electron chi connectivity index (χ3n) is 3.17. The fourth-order valence-electron chi connectivity index (χ4n) is 1.95.